The lowest BCUT2D eigenvalue weighted by atomic mass is 9.82. The van der Waals surface area contributed by atoms with E-state index in [4.69, 9.17) is 0 Å². The average Bonchev–Trinajstić information content (AvgIpc) is 2.32. The van der Waals surface area contributed by atoms with Crippen LogP contribution in [-0.4, -0.2) is 11.2 Å². The topological polar surface area (TPSA) is 20.2 Å². The number of hydrogen-bond donors (Lipinski definition) is 1. The molecule has 0 saturated heterocycles. The van der Waals surface area contributed by atoms with E-state index < -0.39 is 0 Å². The minimum atomic E-state index is 0.00403. The maximum atomic E-state index is 9.58. The Kier molecular flexibility index (Phi) is 1.76. The second-order valence-electron chi connectivity index (χ2n) is 4.06. The molecule has 0 radical (unpaired) electrons. The van der Waals surface area contributed by atoms with Crippen LogP contribution in [0.25, 0.3) is 0 Å². The fourth-order valence-electron chi connectivity index (χ4n) is 2.56. The summed E-state index contributed by atoms with van der Waals surface area (Å²) in [6.07, 6.45) is 6.95. The van der Waals surface area contributed by atoms with E-state index in [0.29, 0.717) is 5.92 Å². The molecule has 11 heavy (non-hydrogen) atoms. The van der Waals surface area contributed by atoms with Gasteiger partial charge in [0.05, 0.1) is 6.10 Å². The van der Waals surface area contributed by atoms with E-state index in [1.165, 1.54) is 18.4 Å². The van der Waals surface area contributed by atoms with Gasteiger partial charge in [0.15, 0.2) is 0 Å². The van der Waals surface area contributed by atoms with Gasteiger partial charge in [0.1, 0.15) is 0 Å². The van der Waals surface area contributed by atoms with Gasteiger partial charge in [0.25, 0.3) is 0 Å². The van der Waals surface area contributed by atoms with Crippen molar-refractivity contribution in [2.24, 2.45) is 11.8 Å². The summed E-state index contributed by atoms with van der Waals surface area (Å²) in [5, 5.41) is 9.58. The molecule has 3 unspecified atom stereocenters. The number of rotatable bonds is 0. The third-order valence-electron chi connectivity index (χ3n) is 3.26. The van der Waals surface area contributed by atoms with E-state index in [9.17, 15) is 5.11 Å². The van der Waals surface area contributed by atoms with Gasteiger partial charge >= 0.3 is 0 Å². The summed E-state index contributed by atoms with van der Waals surface area (Å²) < 4.78 is 0. The Labute approximate surface area is 68.1 Å². The first-order valence-electron chi connectivity index (χ1n) is 4.61. The second-order valence-corrected chi connectivity index (χ2v) is 4.06. The van der Waals surface area contributed by atoms with Crippen molar-refractivity contribution in [2.45, 2.75) is 38.7 Å². The predicted molar refractivity (Wildman–Crippen MR) is 45.2 cm³/mol. The quantitative estimate of drug-likeness (QED) is 0.527. The van der Waals surface area contributed by atoms with Crippen LogP contribution in [0.15, 0.2) is 11.6 Å². The Morgan fingerprint density at radius 2 is 2.27 bits per heavy atom. The highest BCUT2D eigenvalue weighted by atomic mass is 16.3. The van der Waals surface area contributed by atoms with Gasteiger partial charge in [0, 0.05) is 0 Å². The molecule has 2 rings (SSSR count). The third kappa shape index (κ3) is 1.22. The highest BCUT2D eigenvalue weighted by Gasteiger charge is 2.35. The molecule has 0 spiro atoms. The summed E-state index contributed by atoms with van der Waals surface area (Å²) in [5.41, 5.74) is 1.53. The number of hydrogen-bond acceptors (Lipinski definition) is 1. The zero-order valence-corrected chi connectivity index (χ0v) is 7.09. The smallest absolute Gasteiger partial charge is 0.0574 e. The molecule has 1 saturated carbocycles. The van der Waals surface area contributed by atoms with Gasteiger partial charge in [-0.25, -0.2) is 0 Å². The Bertz CT molecular complexity index is 183. The fourth-order valence-corrected chi connectivity index (χ4v) is 2.56. The van der Waals surface area contributed by atoms with Crippen molar-refractivity contribution in [1.82, 2.24) is 0 Å². The molecule has 2 aliphatic carbocycles. The van der Waals surface area contributed by atoms with Crippen molar-refractivity contribution in [2.75, 3.05) is 0 Å². The molecule has 1 heteroatoms. The molecule has 3 atom stereocenters. The van der Waals surface area contributed by atoms with E-state index in [0.717, 1.165) is 18.8 Å². The lowest BCUT2D eigenvalue weighted by Gasteiger charge is -2.25. The van der Waals surface area contributed by atoms with Crippen molar-refractivity contribution in [1.29, 1.82) is 0 Å². The molecule has 0 aromatic carbocycles. The lowest BCUT2D eigenvalue weighted by molar-refractivity contribution is 0.116. The van der Waals surface area contributed by atoms with E-state index >= 15 is 0 Å². The van der Waals surface area contributed by atoms with E-state index in [-0.39, 0.29) is 6.10 Å². The van der Waals surface area contributed by atoms with Crippen LogP contribution in [-0.2, 0) is 0 Å². The normalized spacial score (nSPS) is 43.5. The molecule has 0 amide bonds. The van der Waals surface area contributed by atoms with Gasteiger partial charge < -0.3 is 5.11 Å². The number of allylic oxidation sites excluding steroid dienone is 2. The monoisotopic (exact) mass is 152 g/mol. The highest BCUT2D eigenvalue weighted by Crippen LogP contribution is 2.41. The molecule has 0 aromatic rings. The van der Waals surface area contributed by atoms with Crippen molar-refractivity contribution in [3.63, 3.8) is 0 Å². The SMILES string of the molecule is CC1=CCC2C(O)CCC2C1. The fraction of sp³-hybridized carbons (Fsp3) is 0.800. The van der Waals surface area contributed by atoms with Crippen molar-refractivity contribution in [3.05, 3.63) is 11.6 Å². The van der Waals surface area contributed by atoms with Crippen LogP contribution in [0, 0.1) is 11.8 Å². The number of fused-ring (bicyclic) bond motifs is 1. The van der Waals surface area contributed by atoms with Crippen LogP contribution in [0.3, 0.4) is 0 Å². The Balaban J connectivity index is 2.11. The van der Waals surface area contributed by atoms with Crippen LogP contribution in [0.1, 0.15) is 32.6 Å². The van der Waals surface area contributed by atoms with Gasteiger partial charge in [-0.05, 0) is 44.4 Å². The predicted octanol–water partition coefficient (Wildman–Crippen LogP) is 2.11. The molecule has 1 fully saturated rings. The zero-order chi connectivity index (χ0) is 7.84. The Morgan fingerprint density at radius 1 is 1.45 bits per heavy atom. The summed E-state index contributed by atoms with van der Waals surface area (Å²) >= 11 is 0. The van der Waals surface area contributed by atoms with Crippen LogP contribution >= 0.6 is 0 Å². The summed E-state index contributed by atoms with van der Waals surface area (Å²) in [4.78, 5) is 0. The number of aliphatic hydroxyl groups excluding tert-OH is 1. The minimum Gasteiger partial charge on any atom is -0.393 e. The van der Waals surface area contributed by atoms with Gasteiger partial charge in [-0.1, -0.05) is 11.6 Å². The van der Waals surface area contributed by atoms with E-state index in [1.807, 2.05) is 0 Å². The second kappa shape index (κ2) is 2.63. The number of aliphatic hydroxyl groups is 1. The van der Waals surface area contributed by atoms with Crippen LogP contribution < -0.4 is 0 Å². The third-order valence-corrected chi connectivity index (χ3v) is 3.26. The first kappa shape index (κ1) is 7.35. The van der Waals surface area contributed by atoms with E-state index in [2.05, 4.69) is 13.0 Å². The summed E-state index contributed by atoms with van der Waals surface area (Å²) in [5.74, 6) is 1.40. The lowest BCUT2D eigenvalue weighted by Crippen LogP contribution is -2.21. The van der Waals surface area contributed by atoms with Gasteiger partial charge in [-0.2, -0.15) is 0 Å². The summed E-state index contributed by atoms with van der Waals surface area (Å²) in [6.45, 7) is 2.21. The molecule has 0 aliphatic heterocycles. The largest absolute Gasteiger partial charge is 0.393 e. The van der Waals surface area contributed by atoms with Crippen LogP contribution in [0.4, 0.5) is 0 Å². The van der Waals surface area contributed by atoms with Gasteiger partial charge in [-0.15, -0.1) is 0 Å². The Hall–Kier alpha value is -0.300. The first-order valence-corrected chi connectivity index (χ1v) is 4.61. The van der Waals surface area contributed by atoms with Crippen LogP contribution in [0.5, 0.6) is 0 Å². The molecule has 0 heterocycles. The molecule has 62 valence electrons. The first-order chi connectivity index (χ1) is 5.27. The molecule has 0 bridgehead atoms. The zero-order valence-electron chi connectivity index (χ0n) is 7.09. The Morgan fingerprint density at radius 3 is 3.09 bits per heavy atom. The highest BCUT2D eigenvalue weighted by molar-refractivity contribution is 5.08. The maximum absolute atomic E-state index is 9.58. The summed E-state index contributed by atoms with van der Waals surface area (Å²) in [7, 11) is 0. The summed E-state index contributed by atoms with van der Waals surface area (Å²) in [6, 6.07) is 0. The van der Waals surface area contributed by atoms with Crippen LogP contribution in [0.2, 0.25) is 0 Å². The van der Waals surface area contributed by atoms with Gasteiger partial charge in [0.2, 0.25) is 0 Å². The molecule has 1 nitrogen and oxygen atoms in total. The molecule has 1 N–H and O–H groups in total. The maximum Gasteiger partial charge on any atom is 0.0574 e. The molecule has 2 aliphatic rings. The molecular formula is C10H16O. The minimum absolute atomic E-state index is 0.00403. The standard InChI is InChI=1S/C10H16O/c1-7-2-4-9-8(6-7)3-5-10(9)11/h2,8-11H,3-6H2,1H3. The van der Waals surface area contributed by atoms with Crippen molar-refractivity contribution in [3.8, 4) is 0 Å². The van der Waals surface area contributed by atoms with E-state index in [1.54, 1.807) is 0 Å². The van der Waals surface area contributed by atoms with Crippen molar-refractivity contribution >= 4 is 0 Å². The molecular weight excluding hydrogens is 136 g/mol. The van der Waals surface area contributed by atoms with Crippen molar-refractivity contribution < 1.29 is 5.11 Å². The van der Waals surface area contributed by atoms with Gasteiger partial charge in [-0.3, -0.25) is 0 Å². The molecule has 0 aromatic heterocycles. The average molecular weight is 152 g/mol.